The fourth-order valence-corrected chi connectivity index (χ4v) is 2.39. The number of ether oxygens (including phenoxy) is 1. The van der Waals surface area contributed by atoms with Gasteiger partial charge in [-0.3, -0.25) is 9.59 Å². The Balaban J connectivity index is 2.19. The minimum atomic E-state index is -0.460. The Hall–Kier alpha value is -2.56. The lowest BCUT2D eigenvalue weighted by atomic mass is 10.0. The second-order valence-corrected chi connectivity index (χ2v) is 6.07. The van der Waals surface area contributed by atoms with Gasteiger partial charge in [0, 0.05) is 0 Å². The van der Waals surface area contributed by atoms with Gasteiger partial charge in [0.2, 0.25) is 0 Å². The van der Waals surface area contributed by atoms with Crippen LogP contribution in [0.15, 0.2) is 41.0 Å². The Morgan fingerprint density at radius 2 is 1.79 bits per heavy atom. The molecule has 0 fully saturated rings. The normalized spacial score (nSPS) is 12.0. The summed E-state index contributed by atoms with van der Waals surface area (Å²) in [6, 6.07) is 8.87. The highest BCUT2D eigenvalue weighted by Crippen LogP contribution is 2.20. The Morgan fingerprint density at radius 3 is 2.33 bits per heavy atom. The van der Waals surface area contributed by atoms with Crippen molar-refractivity contribution in [2.75, 3.05) is 0 Å². The van der Waals surface area contributed by atoms with Gasteiger partial charge in [-0.1, -0.05) is 29.8 Å². The van der Waals surface area contributed by atoms with E-state index in [1.165, 1.54) is 6.26 Å². The molecular formula is C19H23NO4. The molecule has 0 saturated heterocycles. The zero-order valence-electron chi connectivity index (χ0n) is 14.5. The lowest BCUT2D eigenvalue weighted by Crippen LogP contribution is -2.31. The largest absolute Gasteiger partial charge is 0.469 e. The van der Waals surface area contributed by atoms with Crippen molar-refractivity contribution in [3.05, 3.63) is 59.0 Å². The summed E-state index contributed by atoms with van der Waals surface area (Å²) in [6.07, 6.45) is 1.35. The van der Waals surface area contributed by atoms with Crippen LogP contribution < -0.4 is 5.32 Å². The third kappa shape index (κ3) is 4.72. The van der Waals surface area contributed by atoms with E-state index >= 15 is 0 Å². The number of esters is 1. The summed E-state index contributed by atoms with van der Waals surface area (Å²) in [4.78, 5) is 24.5. The maximum absolute atomic E-state index is 12.5. The molecule has 2 aromatic rings. The molecule has 0 bridgehead atoms. The zero-order chi connectivity index (χ0) is 17.7. The van der Waals surface area contributed by atoms with E-state index in [0.717, 1.165) is 11.1 Å². The fourth-order valence-electron chi connectivity index (χ4n) is 2.39. The van der Waals surface area contributed by atoms with Crippen LogP contribution in [-0.2, 0) is 9.53 Å². The number of furan rings is 1. The Kier molecular flexibility index (Phi) is 5.79. The van der Waals surface area contributed by atoms with Crippen LogP contribution in [0.4, 0.5) is 0 Å². The van der Waals surface area contributed by atoms with Gasteiger partial charge in [0.15, 0.2) is 0 Å². The Morgan fingerprint density at radius 1 is 1.12 bits per heavy atom. The summed E-state index contributed by atoms with van der Waals surface area (Å²) in [5.74, 6) is -0.0797. The van der Waals surface area contributed by atoms with Gasteiger partial charge in [-0.2, -0.15) is 0 Å². The summed E-state index contributed by atoms with van der Waals surface area (Å²) in [7, 11) is 0. The monoisotopic (exact) mass is 329 g/mol. The second kappa shape index (κ2) is 7.81. The number of benzene rings is 1. The van der Waals surface area contributed by atoms with E-state index in [2.05, 4.69) is 5.32 Å². The van der Waals surface area contributed by atoms with Gasteiger partial charge in [0.05, 0.1) is 30.4 Å². The first kappa shape index (κ1) is 17.8. The number of aryl methyl sites for hydroxylation is 2. The standard InChI is InChI=1S/C19H23NO4/c1-12(2)24-18(21)11-17(15-7-5-13(3)6-8-15)20-19(22)16-9-10-23-14(16)4/h5-10,12,17H,11H2,1-4H3,(H,20,22). The lowest BCUT2D eigenvalue weighted by Gasteiger charge is -2.19. The van der Waals surface area contributed by atoms with Crippen molar-refractivity contribution in [3.63, 3.8) is 0 Å². The molecule has 0 aliphatic carbocycles. The molecule has 0 saturated carbocycles. The van der Waals surface area contributed by atoms with Crippen LogP contribution in [-0.4, -0.2) is 18.0 Å². The zero-order valence-corrected chi connectivity index (χ0v) is 14.5. The van der Waals surface area contributed by atoms with Crippen LogP contribution >= 0.6 is 0 Å². The molecule has 0 spiro atoms. The Labute approximate surface area is 142 Å². The number of amides is 1. The van der Waals surface area contributed by atoms with Gasteiger partial charge in [0.1, 0.15) is 5.76 Å². The highest BCUT2D eigenvalue weighted by Gasteiger charge is 2.22. The van der Waals surface area contributed by atoms with E-state index in [4.69, 9.17) is 9.15 Å². The predicted molar refractivity (Wildman–Crippen MR) is 90.7 cm³/mol. The van der Waals surface area contributed by atoms with Gasteiger partial charge in [0.25, 0.3) is 5.91 Å². The first-order valence-electron chi connectivity index (χ1n) is 7.98. The van der Waals surface area contributed by atoms with Gasteiger partial charge in [-0.25, -0.2) is 0 Å². The van der Waals surface area contributed by atoms with E-state index < -0.39 is 6.04 Å². The predicted octanol–water partition coefficient (Wildman–Crippen LogP) is 3.71. The van der Waals surface area contributed by atoms with Crippen LogP contribution in [0.2, 0.25) is 0 Å². The number of carbonyl (C=O) groups is 2. The van der Waals surface area contributed by atoms with Crippen molar-refractivity contribution in [1.29, 1.82) is 0 Å². The summed E-state index contributed by atoms with van der Waals surface area (Å²) < 4.78 is 10.4. The van der Waals surface area contributed by atoms with E-state index in [-0.39, 0.29) is 24.4 Å². The molecule has 1 aromatic heterocycles. The van der Waals surface area contributed by atoms with Crippen molar-refractivity contribution in [2.24, 2.45) is 0 Å². The second-order valence-electron chi connectivity index (χ2n) is 6.07. The van der Waals surface area contributed by atoms with Crippen molar-refractivity contribution < 1.29 is 18.7 Å². The van der Waals surface area contributed by atoms with Crippen LogP contribution in [0.1, 0.15) is 53.6 Å². The molecule has 0 aliphatic heterocycles. The van der Waals surface area contributed by atoms with E-state index in [1.54, 1.807) is 26.8 Å². The molecule has 24 heavy (non-hydrogen) atoms. The van der Waals surface area contributed by atoms with Gasteiger partial charge >= 0.3 is 5.97 Å². The minimum Gasteiger partial charge on any atom is -0.469 e. The molecule has 1 N–H and O–H groups in total. The maximum Gasteiger partial charge on any atom is 0.308 e. The molecule has 1 atom stereocenters. The van der Waals surface area contributed by atoms with Crippen molar-refractivity contribution >= 4 is 11.9 Å². The highest BCUT2D eigenvalue weighted by atomic mass is 16.5. The average molecular weight is 329 g/mol. The van der Waals surface area contributed by atoms with Gasteiger partial charge < -0.3 is 14.5 Å². The summed E-state index contributed by atoms with van der Waals surface area (Å²) in [6.45, 7) is 7.31. The summed E-state index contributed by atoms with van der Waals surface area (Å²) in [5, 5.41) is 2.90. The molecule has 5 heteroatoms. The molecule has 1 amide bonds. The van der Waals surface area contributed by atoms with E-state index in [0.29, 0.717) is 11.3 Å². The van der Waals surface area contributed by atoms with Crippen LogP contribution in [0.3, 0.4) is 0 Å². The summed E-state index contributed by atoms with van der Waals surface area (Å²) in [5.41, 5.74) is 2.43. The Bertz CT molecular complexity index is 700. The van der Waals surface area contributed by atoms with Crippen LogP contribution in [0.5, 0.6) is 0 Å². The number of hydrogen-bond acceptors (Lipinski definition) is 4. The molecule has 5 nitrogen and oxygen atoms in total. The molecule has 1 unspecified atom stereocenters. The van der Waals surface area contributed by atoms with Crippen LogP contribution in [0.25, 0.3) is 0 Å². The number of hydrogen-bond donors (Lipinski definition) is 1. The number of nitrogens with one attached hydrogen (secondary N) is 1. The third-order valence-corrected chi connectivity index (χ3v) is 3.63. The number of rotatable bonds is 6. The fraction of sp³-hybridized carbons (Fsp3) is 0.368. The van der Waals surface area contributed by atoms with Gasteiger partial charge in [-0.15, -0.1) is 0 Å². The molecule has 2 rings (SSSR count). The minimum absolute atomic E-state index is 0.0733. The lowest BCUT2D eigenvalue weighted by molar-refractivity contribution is -0.147. The van der Waals surface area contributed by atoms with Crippen molar-refractivity contribution in [1.82, 2.24) is 5.32 Å². The SMILES string of the molecule is Cc1ccc(C(CC(=O)OC(C)C)NC(=O)c2ccoc2C)cc1. The molecule has 1 heterocycles. The highest BCUT2D eigenvalue weighted by molar-refractivity contribution is 5.95. The summed E-state index contributed by atoms with van der Waals surface area (Å²) >= 11 is 0. The van der Waals surface area contributed by atoms with Crippen molar-refractivity contribution in [2.45, 2.75) is 46.3 Å². The van der Waals surface area contributed by atoms with Crippen molar-refractivity contribution in [3.8, 4) is 0 Å². The smallest absolute Gasteiger partial charge is 0.308 e. The molecular weight excluding hydrogens is 306 g/mol. The van der Waals surface area contributed by atoms with E-state index in [9.17, 15) is 9.59 Å². The third-order valence-electron chi connectivity index (χ3n) is 3.63. The molecule has 128 valence electrons. The first-order chi connectivity index (χ1) is 11.4. The van der Waals surface area contributed by atoms with Crippen LogP contribution in [0, 0.1) is 13.8 Å². The molecule has 0 radical (unpaired) electrons. The first-order valence-corrected chi connectivity index (χ1v) is 7.98. The average Bonchev–Trinajstić information content (AvgIpc) is 2.92. The topological polar surface area (TPSA) is 68.5 Å². The van der Waals surface area contributed by atoms with E-state index in [1.807, 2.05) is 31.2 Å². The number of carbonyl (C=O) groups excluding carboxylic acids is 2. The molecule has 0 aliphatic rings. The van der Waals surface area contributed by atoms with Gasteiger partial charge in [-0.05, 0) is 39.3 Å². The molecule has 1 aromatic carbocycles. The maximum atomic E-state index is 12.5. The quantitative estimate of drug-likeness (QED) is 0.820.